The minimum Gasteiger partial charge on any atom is -0.479 e. The average molecular weight is 241 g/mol. The molecule has 1 rings (SSSR count). The third kappa shape index (κ3) is 4.64. The molecule has 0 saturated heterocycles. The van der Waals surface area contributed by atoms with Crippen LogP contribution in [0.3, 0.4) is 0 Å². The Morgan fingerprint density at radius 1 is 1.59 bits per heavy atom. The summed E-state index contributed by atoms with van der Waals surface area (Å²) in [5.41, 5.74) is 0. The molecule has 1 heterocycles. The van der Waals surface area contributed by atoms with Crippen LogP contribution in [0.15, 0.2) is 18.5 Å². The standard InChI is InChI=1S/C10H15N3O4/c1-17-8(10(15)16)7-11-9(14)3-6-13-5-2-4-12-13/h2,4-5,8H,3,6-7H2,1H3,(H,11,14)(H,15,16). The number of nitrogens with one attached hydrogen (secondary N) is 1. The summed E-state index contributed by atoms with van der Waals surface area (Å²) in [7, 11) is 1.29. The second-order valence-corrected chi connectivity index (χ2v) is 3.39. The summed E-state index contributed by atoms with van der Waals surface area (Å²) in [6.07, 6.45) is 2.62. The number of carbonyl (C=O) groups is 2. The Hall–Kier alpha value is -1.89. The number of rotatable bonds is 7. The minimum absolute atomic E-state index is 0.0379. The zero-order valence-corrected chi connectivity index (χ0v) is 9.50. The van der Waals surface area contributed by atoms with E-state index >= 15 is 0 Å². The van der Waals surface area contributed by atoms with Crippen molar-refractivity contribution in [2.45, 2.75) is 19.1 Å². The molecule has 1 amide bonds. The Morgan fingerprint density at radius 3 is 2.88 bits per heavy atom. The van der Waals surface area contributed by atoms with Gasteiger partial charge in [0.2, 0.25) is 5.91 Å². The van der Waals surface area contributed by atoms with Gasteiger partial charge in [-0.1, -0.05) is 0 Å². The van der Waals surface area contributed by atoms with Crippen molar-refractivity contribution < 1.29 is 19.4 Å². The molecule has 0 saturated carbocycles. The fourth-order valence-corrected chi connectivity index (χ4v) is 1.22. The molecule has 1 aromatic rings. The number of aromatic nitrogens is 2. The number of carbonyl (C=O) groups excluding carboxylic acids is 1. The molecular formula is C10H15N3O4. The van der Waals surface area contributed by atoms with Gasteiger partial charge in [-0.25, -0.2) is 4.79 Å². The Kier molecular flexibility index (Phi) is 5.15. The number of methoxy groups -OCH3 is 1. The van der Waals surface area contributed by atoms with E-state index < -0.39 is 12.1 Å². The van der Waals surface area contributed by atoms with Gasteiger partial charge >= 0.3 is 5.97 Å². The van der Waals surface area contributed by atoms with E-state index in [1.54, 1.807) is 23.1 Å². The van der Waals surface area contributed by atoms with Crippen LogP contribution in [0.1, 0.15) is 6.42 Å². The Bertz CT molecular complexity index is 364. The first-order chi connectivity index (χ1) is 8.13. The molecule has 1 aromatic heterocycles. The lowest BCUT2D eigenvalue weighted by atomic mass is 10.3. The topological polar surface area (TPSA) is 93.5 Å². The summed E-state index contributed by atoms with van der Waals surface area (Å²) >= 11 is 0. The molecule has 0 radical (unpaired) electrons. The first-order valence-corrected chi connectivity index (χ1v) is 5.13. The molecule has 0 aliphatic rings. The van der Waals surface area contributed by atoms with E-state index in [4.69, 9.17) is 5.11 Å². The van der Waals surface area contributed by atoms with Crippen molar-refractivity contribution in [3.8, 4) is 0 Å². The highest BCUT2D eigenvalue weighted by Gasteiger charge is 2.16. The van der Waals surface area contributed by atoms with Gasteiger partial charge in [0.25, 0.3) is 0 Å². The molecular weight excluding hydrogens is 226 g/mol. The molecule has 0 aromatic carbocycles. The van der Waals surface area contributed by atoms with E-state index in [-0.39, 0.29) is 18.9 Å². The number of hydrogen-bond donors (Lipinski definition) is 2. The van der Waals surface area contributed by atoms with Gasteiger partial charge in [-0.3, -0.25) is 9.48 Å². The molecule has 1 unspecified atom stereocenters. The number of nitrogens with zero attached hydrogens (tertiary/aromatic N) is 2. The molecule has 0 aliphatic carbocycles. The predicted octanol–water partition coefficient (Wildman–Crippen LogP) is -0.511. The first kappa shape index (κ1) is 13.2. The number of hydrogen-bond acceptors (Lipinski definition) is 4. The maximum Gasteiger partial charge on any atom is 0.334 e. The Balaban J connectivity index is 2.23. The number of carboxylic acid groups (broad SMARTS) is 1. The van der Waals surface area contributed by atoms with Gasteiger partial charge in [0.1, 0.15) is 0 Å². The molecule has 0 fully saturated rings. The SMILES string of the molecule is COC(CNC(=O)CCn1cccn1)C(=O)O. The highest BCUT2D eigenvalue weighted by atomic mass is 16.5. The number of carboxylic acids is 1. The monoisotopic (exact) mass is 241 g/mol. The van der Waals surface area contributed by atoms with E-state index in [0.717, 1.165) is 0 Å². The van der Waals surface area contributed by atoms with Crippen molar-refractivity contribution in [1.82, 2.24) is 15.1 Å². The smallest absolute Gasteiger partial charge is 0.334 e. The summed E-state index contributed by atoms with van der Waals surface area (Å²) in [4.78, 5) is 22.0. The van der Waals surface area contributed by atoms with Crippen molar-refractivity contribution in [3.63, 3.8) is 0 Å². The second-order valence-electron chi connectivity index (χ2n) is 3.39. The lowest BCUT2D eigenvalue weighted by Crippen LogP contribution is -2.38. The van der Waals surface area contributed by atoms with E-state index in [9.17, 15) is 9.59 Å². The summed E-state index contributed by atoms with van der Waals surface area (Å²) < 4.78 is 6.31. The number of aliphatic carboxylic acids is 1. The number of aryl methyl sites for hydroxylation is 1. The highest BCUT2D eigenvalue weighted by molar-refractivity contribution is 5.78. The van der Waals surface area contributed by atoms with Crippen LogP contribution in [0.5, 0.6) is 0 Å². The Morgan fingerprint density at radius 2 is 2.35 bits per heavy atom. The molecule has 1 atom stereocenters. The van der Waals surface area contributed by atoms with Crippen molar-refractivity contribution in [2.24, 2.45) is 0 Å². The molecule has 0 bridgehead atoms. The molecule has 7 heteroatoms. The molecule has 2 N–H and O–H groups in total. The van der Waals surface area contributed by atoms with Gasteiger partial charge in [0, 0.05) is 32.5 Å². The third-order valence-electron chi connectivity index (χ3n) is 2.17. The van der Waals surface area contributed by atoms with Gasteiger partial charge in [-0.15, -0.1) is 0 Å². The van der Waals surface area contributed by atoms with Crippen molar-refractivity contribution >= 4 is 11.9 Å². The van der Waals surface area contributed by atoms with E-state index in [1.807, 2.05) is 0 Å². The van der Waals surface area contributed by atoms with Gasteiger partial charge in [-0.2, -0.15) is 5.10 Å². The van der Waals surface area contributed by atoms with Crippen molar-refractivity contribution in [2.75, 3.05) is 13.7 Å². The number of amides is 1. The lowest BCUT2D eigenvalue weighted by molar-refractivity contribution is -0.148. The first-order valence-electron chi connectivity index (χ1n) is 5.13. The van der Waals surface area contributed by atoms with Gasteiger partial charge in [0.05, 0.1) is 6.54 Å². The van der Waals surface area contributed by atoms with Crippen LogP contribution in [-0.4, -0.2) is 46.5 Å². The van der Waals surface area contributed by atoms with Crippen molar-refractivity contribution in [1.29, 1.82) is 0 Å². The molecule has 94 valence electrons. The molecule has 7 nitrogen and oxygen atoms in total. The number of ether oxygens (including phenoxy) is 1. The Labute approximate surface area is 98.4 Å². The summed E-state index contributed by atoms with van der Waals surface area (Å²) in [5.74, 6) is -1.33. The van der Waals surface area contributed by atoms with Gasteiger partial charge in [-0.05, 0) is 6.07 Å². The molecule has 17 heavy (non-hydrogen) atoms. The van der Waals surface area contributed by atoms with E-state index in [2.05, 4.69) is 15.2 Å². The zero-order chi connectivity index (χ0) is 12.7. The maximum absolute atomic E-state index is 11.4. The van der Waals surface area contributed by atoms with Gasteiger partial charge in [0.15, 0.2) is 6.10 Å². The molecule has 0 spiro atoms. The van der Waals surface area contributed by atoms with Crippen LogP contribution in [-0.2, 0) is 20.9 Å². The quantitative estimate of drug-likeness (QED) is 0.670. The van der Waals surface area contributed by atoms with E-state index in [0.29, 0.717) is 6.54 Å². The minimum atomic E-state index is -1.10. The normalized spacial score (nSPS) is 12.1. The fraction of sp³-hybridized carbons (Fsp3) is 0.500. The van der Waals surface area contributed by atoms with Crippen LogP contribution in [0.4, 0.5) is 0 Å². The summed E-state index contributed by atoms with van der Waals surface area (Å²) in [5, 5.41) is 15.1. The van der Waals surface area contributed by atoms with Crippen LogP contribution in [0, 0.1) is 0 Å². The zero-order valence-electron chi connectivity index (χ0n) is 9.50. The van der Waals surface area contributed by atoms with E-state index in [1.165, 1.54) is 7.11 Å². The fourth-order valence-electron chi connectivity index (χ4n) is 1.22. The molecule has 0 aliphatic heterocycles. The van der Waals surface area contributed by atoms with Crippen molar-refractivity contribution in [3.05, 3.63) is 18.5 Å². The second kappa shape index (κ2) is 6.64. The van der Waals surface area contributed by atoms with Crippen LogP contribution in [0.2, 0.25) is 0 Å². The third-order valence-corrected chi connectivity index (χ3v) is 2.17. The highest BCUT2D eigenvalue weighted by Crippen LogP contribution is 1.91. The van der Waals surface area contributed by atoms with Gasteiger partial charge < -0.3 is 15.2 Å². The summed E-state index contributed by atoms with van der Waals surface area (Å²) in [6, 6.07) is 1.77. The van der Waals surface area contributed by atoms with Crippen LogP contribution < -0.4 is 5.32 Å². The predicted molar refractivity (Wildman–Crippen MR) is 58.3 cm³/mol. The lowest BCUT2D eigenvalue weighted by Gasteiger charge is -2.11. The average Bonchev–Trinajstić information content (AvgIpc) is 2.79. The van der Waals surface area contributed by atoms with Crippen LogP contribution in [0.25, 0.3) is 0 Å². The summed E-state index contributed by atoms with van der Waals surface area (Å²) in [6.45, 7) is 0.424. The largest absolute Gasteiger partial charge is 0.479 e. The van der Waals surface area contributed by atoms with Crippen LogP contribution >= 0.6 is 0 Å². The maximum atomic E-state index is 11.4.